The maximum absolute atomic E-state index is 13.3. The maximum Gasteiger partial charge on any atom is 0.245 e. The number of nitrogens with zero attached hydrogens (tertiary/aromatic N) is 1. The fourth-order valence-electron chi connectivity index (χ4n) is 2.52. The second kappa shape index (κ2) is 9.46. The van der Waals surface area contributed by atoms with Crippen LogP contribution >= 0.6 is 0 Å². The molecule has 8 heteroatoms. The number of ketones is 1. The standard InChI is InChI=1S/C20H18F2N2O4/c1-27-17-6-3-12(9-18(17)28-2)7-8-24-20(26)14(11-23)19(25)13-4-5-15(21)16(22)10-13/h3-6,9-10,14H,7-8H2,1-2H3,(H,24,26). The first kappa shape index (κ1) is 20.8. The molecule has 0 spiro atoms. The molecule has 0 saturated carbocycles. The molecular weight excluding hydrogens is 370 g/mol. The average molecular weight is 388 g/mol. The molecule has 1 N–H and O–H groups in total. The van der Waals surface area contributed by atoms with Gasteiger partial charge in [-0.1, -0.05) is 6.07 Å². The number of amides is 1. The Kier molecular flexibility index (Phi) is 7.04. The van der Waals surface area contributed by atoms with Crippen LogP contribution in [-0.4, -0.2) is 32.5 Å². The minimum absolute atomic E-state index is 0.164. The van der Waals surface area contributed by atoms with E-state index in [1.165, 1.54) is 14.2 Å². The van der Waals surface area contributed by atoms with E-state index < -0.39 is 29.2 Å². The molecule has 0 aliphatic rings. The van der Waals surface area contributed by atoms with Crippen LogP contribution < -0.4 is 14.8 Å². The molecular formula is C20H18F2N2O4. The van der Waals surface area contributed by atoms with Crippen molar-refractivity contribution >= 4 is 11.7 Å². The molecule has 2 aromatic rings. The van der Waals surface area contributed by atoms with Crippen LogP contribution in [0.4, 0.5) is 8.78 Å². The van der Waals surface area contributed by atoms with Gasteiger partial charge in [-0.15, -0.1) is 0 Å². The van der Waals surface area contributed by atoms with E-state index in [2.05, 4.69) is 5.32 Å². The molecule has 1 unspecified atom stereocenters. The second-order valence-corrected chi connectivity index (χ2v) is 5.79. The molecule has 0 aromatic heterocycles. The summed E-state index contributed by atoms with van der Waals surface area (Å²) in [6.07, 6.45) is 0.420. The number of carbonyl (C=O) groups is 2. The van der Waals surface area contributed by atoms with Gasteiger partial charge in [-0.25, -0.2) is 8.78 Å². The predicted octanol–water partition coefficient (Wildman–Crippen LogP) is 2.66. The summed E-state index contributed by atoms with van der Waals surface area (Å²) in [5, 5.41) is 11.7. The lowest BCUT2D eigenvalue weighted by Crippen LogP contribution is -2.35. The minimum atomic E-state index is -1.66. The number of ether oxygens (including phenoxy) is 2. The lowest BCUT2D eigenvalue weighted by atomic mass is 9.98. The third-order valence-corrected chi connectivity index (χ3v) is 4.02. The van der Waals surface area contributed by atoms with E-state index in [1.54, 1.807) is 24.3 Å². The summed E-state index contributed by atoms with van der Waals surface area (Å²) in [6, 6.07) is 9.33. The molecule has 2 rings (SSSR count). The Bertz CT molecular complexity index is 925. The highest BCUT2D eigenvalue weighted by molar-refractivity contribution is 6.12. The quantitative estimate of drug-likeness (QED) is 0.555. The van der Waals surface area contributed by atoms with Gasteiger partial charge in [-0.2, -0.15) is 5.26 Å². The van der Waals surface area contributed by atoms with Crippen molar-refractivity contribution in [3.63, 3.8) is 0 Å². The highest BCUT2D eigenvalue weighted by Crippen LogP contribution is 2.27. The topological polar surface area (TPSA) is 88.4 Å². The van der Waals surface area contributed by atoms with Gasteiger partial charge >= 0.3 is 0 Å². The summed E-state index contributed by atoms with van der Waals surface area (Å²) >= 11 is 0. The first-order valence-electron chi connectivity index (χ1n) is 8.28. The molecule has 6 nitrogen and oxygen atoms in total. The number of hydrogen-bond acceptors (Lipinski definition) is 5. The summed E-state index contributed by atoms with van der Waals surface area (Å²) in [5.74, 6) is -4.61. The Morgan fingerprint density at radius 1 is 1.07 bits per heavy atom. The fraction of sp³-hybridized carbons (Fsp3) is 0.250. The van der Waals surface area contributed by atoms with E-state index >= 15 is 0 Å². The normalized spacial score (nSPS) is 11.2. The summed E-state index contributed by atoms with van der Waals surface area (Å²) in [5.41, 5.74) is 0.596. The molecule has 2 aromatic carbocycles. The van der Waals surface area contributed by atoms with Gasteiger partial charge in [0.05, 0.1) is 20.3 Å². The Labute approximate surface area is 160 Å². The summed E-state index contributed by atoms with van der Waals surface area (Å²) in [6.45, 7) is 0.164. The molecule has 1 amide bonds. The van der Waals surface area contributed by atoms with Crippen LogP contribution in [-0.2, 0) is 11.2 Å². The van der Waals surface area contributed by atoms with Gasteiger partial charge in [-0.05, 0) is 42.3 Å². The van der Waals surface area contributed by atoms with Crippen molar-refractivity contribution in [2.45, 2.75) is 6.42 Å². The zero-order valence-electron chi connectivity index (χ0n) is 15.3. The molecule has 0 aliphatic carbocycles. The van der Waals surface area contributed by atoms with E-state index in [1.807, 2.05) is 0 Å². The number of nitriles is 1. The number of halogens is 2. The average Bonchev–Trinajstić information content (AvgIpc) is 2.70. The van der Waals surface area contributed by atoms with E-state index in [4.69, 9.17) is 14.7 Å². The number of rotatable bonds is 8. The first-order chi connectivity index (χ1) is 13.4. The van der Waals surface area contributed by atoms with Crippen LogP contribution in [0.1, 0.15) is 15.9 Å². The maximum atomic E-state index is 13.3. The Balaban J connectivity index is 2.00. The molecule has 0 bridgehead atoms. The largest absolute Gasteiger partial charge is 0.493 e. The van der Waals surface area contributed by atoms with E-state index in [0.29, 0.717) is 24.0 Å². The van der Waals surface area contributed by atoms with Crippen LogP contribution in [0.25, 0.3) is 0 Å². The van der Waals surface area contributed by atoms with Gasteiger partial charge in [0.25, 0.3) is 0 Å². The van der Waals surface area contributed by atoms with E-state index in [9.17, 15) is 18.4 Å². The fourth-order valence-corrected chi connectivity index (χ4v) is 2.52. The van der Waals surface area contributed by atoms with Crippen molar-refractivity contribution in [2.75, 3.05) is 20.8 Å². The number of nitrogens with one attached hydrogen (secondary N) is 1. The SMILES string of the molecule is COc1ccc(CCNC(=O)C(C#N)C(=O)c2ccc(F)c(F)c2)cc1OC. The number of Topliss-reactive ketones (excluding diaryl/α,β-unsaturated/α-hetero) is 1. The predicted molar refractivity (Wildman–Crippen MR) is 96.1 cm³/mol. The van der Waals surface area contributed by atoms with Gasteiger partial charge < -0.3 is 14.8 Å². The van der Waals surface area contributed by atoms with E-state index in [-0.39, 0.29) is 12.1 Å². The summed E-state index contributed by atoms with van der Waals surface area (Å²) < 4.78 is 36.6. The lowest BCUT2D eigenvalue weighted by Gasteiger charge is -2.11. The molecule has 1 atom stereocenters. The molecule has 0 heterocycles. The van der Waals surface area contributed by atoms with Gasteiger partial charge in [0.15, 0.2) is 34.8 Å². The Morgan fingerprint density at radius 3 is 2.39 bits per heavy atom. The highest BCUT2D eigenvalue weighted by Gasteiger charge is 2.27. The van der Waals surface area contributed by atoms with Gasteiger partial charge in [-0.3, -0.25) is 9.59 Å². The van der Waals surface area contributed by atoms with Crippen molar-refractivity contribution in [1.82, 2.24) is 5.32 Å². The van der Waals surface area contributed by atoms with Crippen LogP contribution in [0.2, 0.25) is 0 Å². The van der Waals surface area contributed by atoms with Crippen molar-refractivity contribution in [3.05, 3.63) is 59.2 Å². The number of benzene rings is 2. The molecule has 0 saturated heterocycles. The van der Waals surface area contributed by atoms with Gasteiger partial charge in [0.2, 0.25) is 5.91 Å². The number of hydrogen-bond donors (Lipinski definition) is 1. The van der Waals surface area contributed by atoms with Crippen molar-refractivity contribution in [3.8, 4) is 17.6 Å². The smallest absolute Gasteiger partial charge is 0.245 e. The van der Waals surface area contributed by atoms with Gasteiger partial charge in [0.1, 0.15) is 0 Å². The van der Waals surface area contributed by atoms with Crippen LogP contribution in [0, 0.1) is 28.9 Å². The molecule has 28 heavy (non-hydrogen) atoms. The van der Waals surface area contributed by atoms with Crippen LogP contribution in [0.5, 0.6) is 11.5 Å². The minimum Gasteiger partial charge on any atom is -0.493 e. The monoisotopic (exact) mass is 388 g/mol. The van der Waals surface area contributed by atoms with Crippen molar-refractivity contribution in [2.24, 2.45) is 5.92 Å². The van der Waals surface area contributed by atoms with Crippen LogP contribution in [0.15, 0.2) is 36.4 Å². The van der Waals surface area contributed by atoms with Gasteiger partial charge in [0, 0.05) is 12.1 Å². The third kappa shape index (κ3) is 4.82. The van der Waals surface area contributed by atoms with Crippen molar-refractivity contribution in [1.29, 1.82) is 5.26 Å². The summed E-state index contributed by atoms with van der Waals surface area (Å²) in [7, 11) is 3.02. The Morgan fingerprint density at radius 2 is 1.79 bits per heavy atom. The summed E-state index contributed by atoms with van der Waals surface area (Å²) in [4.78, 5) is 24.5. The molecule has 0 fully saturated rings. The number of methoxy groups -OCH3 is 2. The zero-order valence-corrected chi connectivity index (χ0v) is 15.3. The molecule has 0 aliphatic heterocycles. The highest BCUT2D eigenvalue weighted by atomic mass is 19.2. The first-order valence-corrected chi connectivity index (χ1v) is 8.28. The lowest BCUT2D eigenvalue weighted by molar-refractivity contribution is -0.122. The third-order valence-electron chi connectivity index (χ3n) is 4.02. The van der Waals surface area contributed by atoms with E-state index in [0.717, 1.165) is 17.7 Å². The second-order valence-electron chi connectivity index (χ2n) is 5.79. The number of carbonyl (C=O) groups excluding carboxylic acids is 2. The Hall–Kier alpha value is -3.47. The van der Waals surface area contributed by atoms with Crippen molar-refractivity contribution < 1.29 is 27.8 Å². The zero-order chi connectivity index (χ0) is 20.7. The molecule has 146 valence electrons. The van der Waals surface area contributed by atoms with Crippen LogP contribution in [0.3, 0.4) is 0 Å². The molecule has 0 radical (unpaired) electrons.